The monoisotopic (exact) mass is 299 g/mol. The molecule has 3 rings (SSSR count). The van der Waals surface area contributed by atoms with Crippen LogP contribution < -0.4 is 4.72 Å². The number of aryl methyl sites for hydroxylation is 1. The number of hydrogen-bond donors (Lipinski definition) is 1. The second-order valence-corrected chi connectivity index (χ2v) is 6.33. The van der Waals surface area contributed by atoms with Crippen molar-refractivity contribution in [3.05, 3.63) is 60.4 Å². The first kappa shape index (κ1) is 13.5. The van der Waals surface area contributed by atoms with Crippen LogP contribution in [0.15, 0.2) is 59.8 Å². The molecular formula is C15H13N3O2S. The summed E-state index contributed by atoms with van der Waals surface area (Å²) in [6.07, 6.45) is 3.10. The van der Waals surface area contributed by atoms with Gasteiger partial charge in [0.15, 0.2) is 0 Å². The molecule has 0 atom stereocenters. The topological polar surface area (TPSA) is 72.0 Å². The molecule has 21 heavy (non-hydrogen) atoms. The van der Waals surface area contributed by atoms with Crippen molar-refractivity contribution in [2.45, 2.75) is 11.8 Å². The van der Waals surface area contributed by atoms with E-state index in [-0.39, 0.29) is 4.90 Å². The maximum Gasteiger partial charge on any atom is 0.261 e. The highest BCUT2D eigenvalue weighted by Gasteiger charge is 2.15. The maximum atomic E-state index is 12.4. The average molecular weight is 299 g/mol. The number of nitrogens with one attached hydrogen (secondary N) is 1. The maximum absolute atomic E-state index is 12.4. The molecule has 0 radical (unpaired) electrons. The van der Waals surface area contributed by atoms with Gasteiger partial charge in [0, 0.05) is 12.4 Å². The Kier molecular flexibility index (Phi) is 3.31. The van der Waals surface area contributed by atoms with Crippen LogP contribution in [0.2, 0.25) is 0 Å². The number of anilines is 1. The van der Waals surface area contributed by atoms with E-state index >= 15 is 0 Å². The highest BCUT2D eigenvalue weighted by molar-refractivity contribution is 7.92. The van der Waals surface area contributed by atoms with Gasteiger partial charge in [-0.05, 0) is 31.2 Å². The third-order valence-electron chi connectivity index (χ3n) is 3.07. The van der Waals surface area contributed by atoms with Crippen LogP contribution in [-0.2, 0) is 10.0 Å². The molecule has 0 saturated carbocycles. The largest absolute Gasteiger partial charge is 0.277 e. The second kappa shape index (κ2) is 5.14. The standard InChI is InChI=1S/C15H13N3O2S/c1-11-5-7-12(8-6-11)21(19,20)18-14-4-2-3-13-15(14)17-10-9-16-13/h2-10,18H,1H3. The summed E-state index contributed by atoms with van der Waals surface area (Å²) in [5.74, 6) is 0. The molecule has 106 valence electrons. The van der Waals surface area contributed by atoms with Gasteiger partial charge in [-0.15, -0.1) is 0 Å². The minimum Gasteiger partial charge on any atom is -0.277 e. The molecule has 6 heteroatoms. The molecular weight excluding hydrogens is 286 g/mol. The lowest BCUT2D eigenvalue weighted by Gasteiger charge is -2.09. The zero-order chi connectivity index (χ0) is 14.9. The molecule has 0 aliphatic heterocycles. The number of nitrogens with zero attached hydrogens (tertiary/aromatic N) is 2. The summed E-state index contributed by atoms with van der Waals surface area (Å²) in [7, 11) is -3.64. The third kappa shape index (κ3) is 2.71. The molecule has 0 aliphatic carbocycles. The van der Waals surface area contributed by atoms with Gasteiger partial charge < -0.3 is 0 Å². The van der Waals surface area contributed by atoms with Crippen molar-refractivity contribution >= 4 is 26.7 Å². The van der Waals surface area contributed by atoms with Crippen LogP contribution in [0.1, 0.15) is 5.56 Å². The summed E-state index contributed by atoms with van der Waals surface area (Å²) in [6, 6.07) is 11.9. The molecule has 3 aromatic rings. The predicted octanol–water partition coefficient (Wildman–Crippen LogP) is 2.74. The summed E-state index contributed by atoms with van der Waals surface area (Å²) in [5.41, 5.74) is 2.59. The number of benzene rings is 2. The first-order valence-corrected chi connectivity index (χ1v) is 7.84. The zero-order valence-corrected chi connectivity index (χ0v) is 12.1. The van der Waals surface area contributed by atoms with Crippen LogP contribution in [0, 0.1) is 6.92 Å². The highest BCUT2D eigenvalue weighted by atomic mass is 32.2. The average Bonchev–Trinajstić information content (AvgIpc) is 2.48. The Hall–Kier alpha value is -2.47. The van der Waals surface area contributed by atoms with E-state index < -0.39 is 10.0 Å². The molecule has 0 aliphatic rings. The van der Waals surface area contributed by atoms with Crippen LogP contribution in [0.4, 0.5) is 5.69 Å². The van der Waals surface area contributed by atoms with Crippen molar-refractivity contribution in [1.29, 1.82) is 0 Å². The summed E-state index contributed by atoms with van der Waals surface area (Å²) in [6.45, 7) is 1.91. The molecule has 0 fully saturated rings. The Morgan fingerprint density at radius 1 is 0.952 bits per heavy atom. The lowest BCUT2D eigenvalue weighted by Crippen LogP contribution is -2.13. The number of hydrogen-bond acceptors (Lipinski definition) is 4. The van der Waals surface area contributed by atoms with Gasteiger partial charge in [-0.3, -0.25) is 14.7 Å². The number of para-hydroxylation sites is 1. The summed E-state index contributed by atoms with van der Waals surface area (Å²) in [5, 5.41) is 0. The van der Waals surface area contributed by atoms with Crippen molar-refractivity contribution in [3.63, 3.8) is 0 Å². The van der Waals surface area contributed by atoms with E-state index in [1.165, 1.54) is 6.20 Å². The number of rotatable bonds is 3. The van der Waals surface area contributed by atoms with E-state index in [1.54, 1.807) is 48.7 Å². The first-order chi connectivity index (χ1) is 10.1. The molecule has 1 N–H and O–H groups in total. The molecule has 0 unspecified atom stereocenters. The van der Waals surface area contributed by atoms with Gasteiger partial charge in [-0.1, -0.05) is 23.8 Å². The van der Waals surface area contributed by atoms with Gasteiger partial charge in [0.05, 0.1) is 16.1 Å². The second-order valence-electron chi connectivity index (χ2n) is 4.65. The molecule has 1 heterocycles. The van der Waals surface area contributed by atoms with Crippen LogP contribution >= 0.6 is 0 Å². The Balaban J connectivity index is 2.03. The molecule has 0 amide bonds. The Morgan fingerprint density at radius 3 is 2.43 bits per heavy atom. The van der Waals surface area contributed by atoms with Crippen molar-refractivity contribution in [1.82, 2.24) is 9.97 Å². The molecule has 1 aromatic heterocycles. The first-order valence-electron chi connectivity index (χ1n) is 6.35. The van der Waals surface area contributed by atoms with E-state index in [9.17, 15) is 8.42 Å². The van der Waals surface area contributed by atoms with Gasteiger partial charge in [0.1, 0.15) is 5.52 Å². The Morgan fingerprint density at radius 2 is 1.67 bits per heavy atom. The number of fused-ring (bicyclic) bond motifs is 1. The Bertz CT molecular complexity index is 885. The quantitative estimate of drug-likeness (QED) is 0.807. The molecule has 0 spiro atoms. The van der Waals surface area contributed by atoms with Crippen LogP contribution in [0.25, 0.3) is 11.0 Å². The van der Waals surface area contributed by atoms with E-state index in [1.807, 2.05) is 6.92 Å². The van der Waals surface area contributed by atoms with E-state index in [0.717, 1.165) is 5.56 Å². The normalized spacial score (nSPS) is 11.5. The fourth-order valence-corrected chi connectivity index (χ4v) is 3.06. The molecule has 2 aromatic carbocycles. The number of sulfonamides is 1. The number of aromatic nitrogens is 2. The molecule has 5 nitrogen and oxygen atoms in total. The molecule has 0 saturated heterocycles. The fourth-order valence-electron chi connectivity index (χ4n) is 2.00. The minimum absolute atomic E-state index is 0.217. The minimum atomic E-state index is -3.64. The van der Waals surface area contributed by atoms with E-state index in [2.05, 4.69) is 14.7 Å². The van der Waals surface area contributed by atoms with E-state index in [4.69, 9.17) is 0 Å². The van der Waals surface area contributed by atoms with Gasteiger partial charge in [0.2, 0.25) is 0 Å². The summed E-state index contributed by atoms with van der Waals surface area (Å²) in [4.78, 5) is 8.56. The summed E-state index contributed by atoms with van der Waals surface area (Å²) < 4.78 is 27.4. The fraction of sp³-hybridized carbons (Fsp3) is 0.0667. The van der Waals surface area contributed by atoms with Crippen molar-refractivity contribution in [3.8, 4) is 0 Å². The smallest absolute Gasteiger partial charge is 0.261 e. The van der Waals surface area contributed by atoms with Crippen molar-refractivity contribution in [2.24, 2.45) is 0 Å². The summed E-state index contributed by atoms with van der Waals surface area (Å²) >= 11 is 0. The van der Waals surface area contributed by atoms with E-state index in [0.29, 0.717) is 16.7 Å². The van der Waals surface area contributed by atoms with Crippen LogP contribution in [-0.4, -0.2) is 18.4 Å². The third-order valence-corrected chi connectivity index (χ3v) is 4.46. The van der Waals surface area contributed by atoms with Gasteiger partial charge >= 0.3 is 0 Å². The lowest BCUT2D eigenvalue weighted by molar-refractivity contribution is 0.601. The highest BCUT2D eigenvalue weighted by Crippen LogP contribution is 2.22. The molecule has 0 bridgehead atoms. The zero-order valence-electron chi connectivity index (χ0n) is 11.3. The van der Waals surface area contributed by atoms with Gasteiger partial charge in [0.25, 0.3) is 10.0 Å². The van der Waals surface area contributed by atoms with Crippen LogP contribution in [0.3, 0.4) is 0 Å². The predicted molar refractivity (Wildman–Crippen MR) is 81.5 cm³/mol. The van der Waals surface area contributed by atoms with Crippen LogP contribution in [0.5, 0.6) is 0 Å². The van der Waals surface area contributed by atoms with Crippen molar-refractivity contribution in [2.75, 3.05) is 4.72 Å². The SMILES string of the molecule is Cc1ccc(S(=O)(=O)Nc2cccc3nccnc23)cc1. The lowest BCUT2D eigenvalue weighted by atomic mass is 10.2. The van der Waals surface area contributed by atoms with Gasteiger partial charge in [-0.25, -0.2) is 8.42 Å². The van der Waals surface area contributed by atoms with Crippen molar-refractivity contribution < 1.29 is 8.42 Å². The van der Waals surface area contributed by atoms with Gasteiger partial charge in [-0.2, -0.15) is 0 Å². The Labute approximate surface area is 122 Å².